The molecule has 0 heterocycles. The minimum atomic E-state index is -1.00. The number of amides is 1. The van der Waals surface area contributed by atoms with E-state index in [1.54, 1.807) is 37.3 Å². The quantitative estimate of drug-likeness (QED) is 0.628. The van der Waals surface area contributed by atoms with Gasteiger partial charge in [0.2, 0.25) is 0 Å². The van der Waals surface area contributed by atoms with Gasteiger partial charge < -0.3 is 20.5 Å². The summed E-state index contributed by atoms with van der Waals surface area (Å²) in [6.07, 6.45) is -1.00. The van der Waals surface area contributed by atoms with Gasteiger partial charge in [0.1, 0.15) is 5.75 Å². The van der Waals surface area contributed by atoms with Crippen molar-refractivity contribution in [3.05, 3.63) is 52.5 Å². The summed E-state index contributed by atoms with van der Waals surface area (Å²) in [4.78, 5) is 24.4. The van der Waals surface area contributed by atoms with Gasteiger partial charge >= 0.3 is 5.97 Å². The molecule has 0 saturated heterocycles. The number of nitrogens with two attached hydrogens (primary N) is 1. The van der Waals surface area contributed by atoms with Crippen LogP contribution in [0.2, 0.25) is 5.02 Å². The Kier molecular flexibility index (Phi) is 5.88. The summed E-state index contributed by atoms with van der Waals surface area (Å²) in [5.74, 6) is -0.704. The van der Waals surface area contributed by atoms with Crippen molar-refractivity contribution >= 4 is 34.9 Å². The smallest absolute Gasteiger partial charge is 0.338 e. The van der Waals surface area contributed by atoms with Crippen LogP contribution >= 0.6 is 11.6 Å². The Morgan fingerprint density at radius 2 is 1.96 bits per heavy atom. The van der Waals surface area contributed by atoms with Crippen LogP contribution in [-0.2, 0) is 9.53 Å². The first kappa shape index (κ1) is 18.6. The molecule has 0 aliphatic carbocycles. The SMILES string of the molecule is COc1cc(Cl)c(C)cc1NC(=O)C(C)OC(=O)c1cccc(N)c1. The third-order valence-electron chi connectivity index (χ3n) is 3.51. The summed E-state index contributed by atoms with van der Waals surface area (Å²) >= 11 is 6.04. The largest absolute Gasteiger partial charge is 0.495 e. The van der Waals surface area contributed by atoms with Gasteiger partial charge in [0.25, 0.3) is 5.91 Å². The van der Waals surface area contributed by atoms with E-state index < -0.39 is 18.0 Å². The Labute approximate surface area is 150 Å². The standard InChI is InChI=1S/C18H19ClN2O4/c1-10-7-15(16(24-3)9-14(10)19)21-17(22)11(2)25-18(23)12-5-4-6-13(20)8-12/h4-9,11H,20H2,1-3H3,(H,21,22). The number of benzene rings is 2. The molecule has 1 atom stereocenters. The van der Waals surface area contributed by atoms with Crippen LogP contribution < -0.4 is 15.8 Å². The van der Waals surface area contributed by atoms with Crippen molar-refractivity contribution in [3.8, 4) is 5.75 Å². The van der Waals surface area contributed by atoms with Gasteiger partial charge in [-0.2, -0.15) is 0 Å². The van der Waals surface area contributed by atoms with Crippen molar-refractivity contribution in [2.45, 2.75) is 20.0 Å². The Morgan fingerprint density at radius 3 is 2.60 bits per heavy atom. The zero-order chi connectivity index (χ0) is 18.6. The maximum atomic E-state index is 12.3. The van der Waals surface area contributed by atoms with Crippen molar-refractivity contribution in [2.75, 3.05) is 18.2 Å². The van der Waals surface area contributed by atoms with Crippen LogP contribution in [0.15, 0.2) is 36.4 Å². The van der Waals surface area contributed by atoms with Gasteiger partial charge in [-0.15, -0.1) is 0 Å². The molecule has 0 saturated carbocycles. The molecule has 0 aromatic heterocycles. The molecule has 3 N–H and O–H groups in total. The predicted octanol–water partition coefficient (Wildman–Crippen LogP) is 3.42. The van der Waals surface area contributed by atoms with E-state index in [4.69, 9.17) is 26.8 Å². The van der Waals surface area contributed by atoms with E-state index in [1.807, 2.05) is 0 Å². The second-order valence-corrected chi connectivity index (χ2v) is 5.87. The molecular weight excluding hydrogens is 344 g/mol. The Morgan fingerprint density at radius 1 is 1.24 bits per heavy atom. The van der Waals surface area contributed by atoms with Crippen molar-refractivity contribution in [2.24, 2.45) is 0 Å². The van der Waals surface area contributed by atoms with Crippen LogP contribution in [0.5, 0.6) is 5.75 Å². The fourth-order valence-corrected chi connectivity index (χ4v) is 2.27. The van der Waals surface area contributed by atoms with E-state index in [0.29, 0.717) is 22.1 Å². The molecular formula is C18H19ClN2O4. The van der Waals surface area contributed by atoms with Gasteiger partial charge in [-0.25, -0.2) is 4.79 Å². The van der Waals surface area contributed by atoms with E-state index in [-0.39, 0.29) is 5.56 Å². The normalized spacial score (nSPS) is 11.5. The third kappa shape index (κ3) is 4.64. The van der Waals surface area contributed by atoms with Crippen LogP contribution in [-0.4, -0.2) is 25.1 Å². The molecule has 1 amide bonds. The summed E-state index contributed by atoms with van der Waals surface area (Å²) in [5, 5.41) is 3.20. The van der Waals surface area contributed by atoms with Crippen LogP contribution in [0.3, 0.4) is 0 Å². The van der Waals surface area contributed by atoms with E-state index in [0.717, 1.165) is 5.56 Å². The van der Waals surface area contributed by atoms with E-state index in [2.05, 4.69) is 5.32 Å². The number of hydrogen-bond acceptors (Lipinski definition) is 5. The molecule has 25 heavy (non-hydrogen) atoms. The number of carbonyl (C=O) groups is 2. The molecule has 6 nitrogen and oxygen atoms in total. The third-order valence-corrected chi connectivity index (χ3v) is 3.92. The van der Waals surface area contributed by atoms with E-state index in [9.17, 15) is 9.59 Å². The maximum absolute atomic E-state index is 12.3. The fourth-order valence-electron chi connectivity index (χ4n) is 2.11. The number of rotatable bonds is 5. The van der Waals surface area contributed by atoms with Gasteiger partial charge in [-0.05, 0) is 43.7 Å². The van der Waals surface area contributed by atoms with Crippen LogP contribution in [0.25, 0.3) is 0 Å². The molecule has 0 aliphatic heterocycles. The number of carbonyl (C=O) groups excluding carboxylic acids is 2. The number of hydrogen-bond donors (Lipinski definition) is 2. The Bertz CT molecular complexity index is 808. The first-order valence-electron chi connectivity index (χ1n) is 7.53. The number of nitrogens with one attached hydrogen (secondary N) is 1. The average molecular weight is 363 g/mol. The van der Waals surface area contributed by atoms with E-state index in [1.165, 1.54) is 20.1 Å². The lowest BCUT2D eigenvalue weighted by Gasteiger charge is -2.16. The highest BCUT2D eigenvalue weighted by atomic mass is 35.5. The molecule has 2 aromatic rings. The zero-order valence-corrected chi connectivity index (χ0v) is 14.9. The Hall–Kier alpha value is -2.73. The monoisotopic (exact) mass is 362 g/mol. The first-order valence-corrected chi connectivity index (χ1v) is 7.91. The van der Waals surface area contributed by atoms with Gasteiger partial charge in [0, 0.05) is 16.8 Å². The summed E-state index contributed by atoms with van der Waals surface area (Å²) in [6.45, 7) is 3.29. The van der Waals surface area contributed by atoms with Gasteiger partial charge in [0.15, 0.2) is 6.10 Å². The lowest BCUT2D eigenvalue weighted by molar-refractivity contribution is -0.123. The number of aryl methyl sites for hydroxylation is 1. The molecule has 0 radical (unpaired) electrons. The molecule has 132 valence electrons. The second-order valence-electron chi connectivity index (χ2n) is 5.46. The fraction of sp³-hybridized carbons (Fsp3) is 0.222. The molecule has 7 heteroatoms. The average Bonchev–Trinajstić information content (AvgIpc) is 2.57. The van der Waals surface area contributed by atoms with E-state index >= 15 is 0 Å². The van der Waals surface area contributed by atoms with Gasteiger partial charge in [0.05, 0.1) is 18.4 Å². The van der Waals surface area contributed by atoms with Gasteiger partial charge in [-0.3, -0.25) is 4.79 Å². The molecule has 2 rings (SSSR count). The number of methoxy groups -OCH3 is 1. The van der Waals surface area contributed by atoms with Crippen molar-refractivity contribution < 1.29 is 19.1 Å². The lowest BCUT2D eigenvalue weighted by Crippen LogP contribution is -2.30. The van der Waals surface area contributed by atoms with Crippen molar-refractivity contribution in [1.29, 1.82) is 0 Å². The minimum absolute atomic E-state index is 0.277. The predicted molar refractivity (Wildman–Crippen MR) is 97.1 cm³/mol. The lowest BCUT2D eigenvalue weighted by atomic mass is 10.2. The number of ether oxygens (including phenoxy) is 2. The van der Waals surface area contributed by atoms with Crippen LogP contribution in [0.4, 0.5) is 11.4 Å². The topological polar surface area (TPSA) is 90.6 Å². The number of halogens is 1. The summed E-state index contributed by atoms with van der Waals surface area (Å²) < 4.78 is 10.4. The van der Waals surface area contributed by atoms with Crippen LogP contribution in [0, 0.1) is 6.92 Å². The number of esters is 1. The molecule has 2 aromatic carbocycles. The van der Waals surface area contributed by atoms with Crippen LogP contribution in [0.1, 0.15) is 22.8 Å². The number of anilines is 2. The summed E-state index contributed by atoms with van der Waals surface area (Å²) in [7, 11) is 1.47. The highest BCUT2D eigenvalue weighted by Crippen LogP contribution is 2.31. The highest BCUT2D eigenvalue weighted by Gasteiger charge is 2.20. The Balaban J connectivity index is 2.08. The summed E-state index contributed by atoms with van der Waals surface area (Å²) in [6, 6.07) is 9.63. The first-order chi connectivity index (χ1) is 11.8. The number of nitrogen functional groups attached to an aromatic ring is 1. The van der Waals surface area contributed by atoms with Gasteiger partial charge in [-0.1, -0.05) is 17.7 Å². The van der Waals surface area contributed by atoms with Crippen molar-refractivity contribution in [1.82, 2.24) is 0 Å². The minimum Gasteiger partial charge on any atom is -0.495 e. The molecule has 0 spiro atoms. The molecule has 1 unspecified atom stereocenters. The molecule has 0 aliphatic rings. The molecule has 0 bridgehead atoms. The maximum Gasteiger partial charge on any atom is 0.338 e. The zero-order valence-electron chi connectivity index (χ0n) is 14.1. The summed E-state index contributed by atoms with van der Waals surface area (Å²) in [5.41, 5.74) is 7.58. The second kappa shape index (κ2) is 7.90. The molecule has 0 fully saturated rings. The van der Waals surface area contributed by atoms with Crippen molar-refractivity contribution in [3.63, 3.8) is 0 Å². The highest BCUT2D eigenvalue weighted by molar-refractivity contribution is 6.31.